The minimum atomic E-state index is -0.555. The van der Waals surface area contributed by atoms with Crippen LogP contribution in [-0.2, 0) is 0 Å². The zero-order valence-corrected chi connectivity index (χ0v) is 10.4. The van der Waals surface area contributed by atoms with Crippen molar-refractivity contribution in [1.82, 2.24) is 4.98 Å². The van der Waals surface area contributed by atoms with E-state index in [0.29, 0.717) is 12.5 Å². The number of pyridine rings is 1. The van der Waals surface area contributed by atoms with Crippen LogP contribution < -0.4 is 16.2 Å². The van der Waals surface area contributed by atoms with Crippen LogP contribution in [0.4, 0.5) is 0 Å². The highest BCUT2D eigenvalue weighted by Gasteiger charge is 2.28. The SMILES string of the molecule is NC(=O)c1cccc(OCC2(N)CCCCC2)n1. The van der Waals surface area contributed by atoms with E-state index >= 15 is 0 Å². The molecule has 0 saturated heterocycles. The third-order valence-electron chi connectivity index (χ3n) is 3.33. The quantitative estimate of drug-likeness (QED) is 0.839. The lowest BCUT2D eigenvalue weighted by molar-refractivity contribution is 0.0993. The number of rotatable bonds is 4. The van der Waals surface area contributed by atoms with E-state index in [0.717, 1.165) is 25.7 Å². The van der Waals surface area contributed by atoms with E-state index in [2.05, 4.69) is 4.98 Å². The molecule has 4 N–H and O–H groups in total. The Labute approximate surface area is 107 Å². The van der Waals surface area contributed by atoms with Crippen molar-refractivity contribution in [1.29, 1.82) is 0 Å². The molecule has 0 aliphatic heterocycles. The Kier molecular flexibility index (Phi) is 3.81. The van der Waals surface area contributed by atoms with E-state index in [4.69, 9.17) is 16.2 Å². The van der Waals surface area contributed by atoms with Gasteiger partial charge in [-0.15, -0.1) is 0 Å². The summed E-state index contributed by atoms with van der Waals surface area (Å²) in [6.07, 6.45) is 5.49. The van der Waals surface area contributed by atoms with Crippen LogP contribution >= 0.6 is 0 Å². The molecule has 5 heteroatoms. The molecule has 0 aromatic carbocycles. The highest BCUT2D eigenvalue weighted by atomic mass is 16.5. The van der Waals surface area contributed by atoms with Gasteiger partial charge in [0.05, 0.1) is 5.54 Å². The summed E-state index contributed by atoms with van der Waals surface area (Å²) in [5.74, 6) is -0.151. The lowest BCUT2D eigenvalue weighted by atomic mass is 9.83. The minimum absolute atomic E-state index is 0.210. The number of carbonyl (C=O) groups is 1. The molecule has 1 aromatic heterocycles. The van der Waals surface area contributed by atoms with E-state index < -0.39 is 5.91 Å². The van der Waals surface area contributed by atoms with Gasteiger partial charge >= 0.3 is 0 Å². The lowest BCUT2D eigenvalue weighted by Crippen LogP contribution is -2.47. The molecule has 1 amide bonds. The summed E-state index contributed by atoms with van der Waals surface area (Å²) in [5.41, 5.74) is 11.4. The van der Waals surface area contributed by atoms with Crippen LogP contribution in [0.15, 0.2) is 18.2 Å². The zero-order chi connectivity index (χ0) is 13.0. The van der Waals surface area contributed by atoms with Gasteiger partial charge in [-0.3, -0.25) is 4.79 Å². The van der Waals surface area contributed by atoms with Gasteiger partial charge < -0.3 is 16.2 Å². The zero-order valence-electron chi connectivity index (χ0n) is 10.4. The summed E-state index contributed by atoms with van der Waals surface area (Å²) in [7, 11) is 0. The number of aromatic nitrogens is 1. The summed E-state index contributed by atoms with van der Waals surface area (Å²) in [5, 5.41) is 0. The fourth-order valence-corrected chi connectivity index (χ4v) is 2.25. The molecule has 1 aromatic rings. The second-order valence-corrected chi connectivity index (χ2v) is 4.94. The molecule has 18 heavy (non-hydrogen) atoms. The molecular weight excluding hydrogens is 230 g/mol. The first kappa shape index (κ1) is 12.8. The summed E-state index contributed by atoms with van der Waals surface area (Å²) in [6, 6.07) is 4.97. The van der Waals surface area contributed by atoms with Gasteiger partial charge in [-0.05, 0) is 18.9 Å². The molecule has 1 fully saturated rings. The fraction of sp³-hybridized carbons (Fsp3) is 0.538. The number of primary amides is 1. The van der Waals surface area contributed by atoms with Crippen LogP contribution in [0.25, 0.3) is 0 Å². The Balaban J connectivity index is 1.97. The average molecular weight is 249 g/mol. The van der Waals surface area contributed by atoms with Crippen molar-refractivity contribution in [2.24, 2.45) is 11.5 Å². The van der Waals surface area contributed by atoms with Crippen molar-refractivity contribution in [2.75, 3.05) is 6.61 Å². The maximum Gasteiger partial charge on any atom is 0.267 e. The summed E-state index contributed by atoms with van der Waals surface area (Å²) in [4.78, 5) is 15.0. The molecule has 0 spiro atoms. The summed E-state index contributed by atoms with van der Waals surface area (Å²) in [6.45, 7) is 0.433. The maximum absolute atomic E-state index is 11.0. The predicted octanol–water partition coefficient (Wildman–Crippen LogP) is 1.22. The molecule has 1 aliphatic rings. The number of nitrogens with two attached hydrogens (primary N) is 2. The van der Waals surface area contributed by atoms with Crippen molar-refractivity contribution in [3.05, 3.63) is 23.9 Å². The molecule has 0 atom stereocenters. The molecule has 5 nitrogen and oxygen atoms in total. The third-order valence-corrected chi connectivity index (χ3v) is 3.33. The summed E-state index contributed by atoms with van der Waals surface area (Å²) < 4.78 is 5.60. The van der Waals surface area contributed by atoms with Gasteiger partial charge in [-0.25, -0.2) is 4.98 Å². The topological polar surface area (TPSA) is 91.2 Å². The maximum atomic E-state index is 11.0. The van der Waals surface area contributed by atoms with Crippen molar-refractivity contribution < 1.29 is 9.53 Å². The van der Waals surface area contributed by atoms with Crippen LogP contribution in [0.1, 0.15) is 42.6 Å². The number of nitrogens with zero attached hydrogens (tertiary/aromatic N) is 1. The minimum Gasteiger partial charge on any atom is -0.476 e. The van der Waals surface area contributed by atoms with Gasteiger partial charge in [0, 0.05) is 6.07 Å². The first-order valence-electron chi connectivity index (χ1n) is 6.28. The number of ether oxygens (including phenoxy) is 1. The third kappa shape index (κ3) is 3.20. The monoisotopic (exact) mass is 249 g/mol. The number of carbonyl (C=O) groups excluding carboxylic acids is 1. The molecule has 1 saturated carbocycles. The Morgan fingerprint density at radius 3 is 2.72 bits per heavy atom. The molecule has 0 bridgehead atoms. The van der Waals surface area contributed by atoms with Crippen LogP contribution in [0, 0.1) is 0 Å². The fourth-order valence-electron chi connectivity index (χ4n) is 2.25. The van der Waals surface area contributed by atoms with Gasteiger partial charge in [-0.2, -0.15) is 0 Å². The van der Waals surface area contributed by atoms with Gasteiger partial charge in [0.2, 0.25) is 5.88 Å². The average Bonchev–Trinajstić information content (AvgIpc) is 2.38. The molecule has 1 aliphatic carbocycles. The van der Waals surface area contributed by atoms with Gasteiger partial charge in [-0.1, -0.05) is 25.3 Å². The smallest absolute Gasteiger partial charge is 0.267 e. The Morgan fingerprint density at radius 2 is 2.06 bits per heavy atom. The number of hydrogen-bond donors (Lipinski definition) is 2. The number of hydrogen-bond acceptors (Lipinski definition) is 4. The Hall–Kier alpha value is -1.62. The molecule has 98 valence electrons. The van der Waals surface area contributed by atoms with Crippen LogP contribution in [0.5, 0.6) is 5.88 Å². The lowest BCUT2D eigenvalue weighted by Gasteiger charge is -2.32. The van der Waals surface area contributed by atoms with Crippen LogP contribution in [0.2, 0.25) is 0 Å². The van der Waals surface area contributed by atoms with E-state index in [1.165, 1.54) is 6.42 Å². The highest BCUT2D eigenvalue weighted by molar-refractivity contribution is 5.90. The molecule has 1 heterocycles. The largest absolute Gasteiger partial charge is 0.476 e. The first-order chi connectivity index (χ1) is 8.59. The molecule has 2 rings (SSSR count). The number of amides is 1. The van der Waals surface area contributed by atoms with E-state index in [1.54, 1.807) is 18.2 Å². The second kappa shape index (κ2) is 5.35. The molecular formula is C13H19N3O2. The van der Waals surface area contributed by atoms with Gasteiger partial charge in [0.1, 0.15) is 12.3 Å². The standard InChI is InChI=1S/C13H19N3O2/c14-12(17)10-5-4-6-11(16-10)18-9-13(15)7-2-1-3-8-13/h4-6H,1-3,7-9,15H2,(H2,14,17). The summed E-state index contributed by atoms with van der Waals surface area (Å²) >= 11 is 0. The van der Waals surface area contributed by atoms with E-state index in [9.17, 15) is 4.79 Å². The van der Waals surface area contributed by atoms with Crippen molar-refractivity contribution in [3.8, 4) is 5.88 Å². The normalized spacial score (nSPS) is 18.3. The molecule has 0 unspecified atom stereocenters. The van der Waals surface area contributed by atoms with Crippen LogP contribution in [0.3, 0.4) is 0 Å². The van der Waals surface area contributed by atoms with Gasteiger partial charge in [0.25, 0.3) is 5.91 Å². The van der Waals surface area contributed by atoms with Crippen molar-refractivity contribution >= 4 is 5.91 Å². The van der Waals surface area contributed by atoms with E-state index in [-0.39, 0.29) is 11.2 Å². The molecule has 0 radical (unpaired) electrons. The van der Waals surface area contributed by atoms with Crippen molar-refractivity contribution in [3.63, 3.8) is 0 Å². The highest BCUT2D eigenvalue weighted by Crippen LogP contribution is 2.26. The first-order valence-corrected chi connectivity index (χ1v) is 6.28. The van der Waals surface area contributed by atoms with Crippen LogP contribution in [-0.4, -0.2) is 23.0 Å². The van der Waals surface area contributed by atoms with Gasteiger partial charge in [0.15, 0.2) is 0 Å². The second-order valence-electron chi connectivity index (χ2n) is 4.94. The van der Waals surface area contributed by atoms with Crippen molar-refractivity contribution in [2.45, 2.75) is 37.6 Å². The predicted molar refractivity (Wildman–Crippen MR) is 68.3 cm³/mol. The Bertz CT molecular complexity index is 428. The van der Waals surface area contributed by atoms with E-state index in [1.807, 2.05) is 0 Å². The Morgan fingerprint density at radius 1 is 1.33 bits per heavy atom.